The number of amides is 1. The topological polar surface area (TPSA) is 77.9 Å². The minimum atomic E-state index is -0.467. The first-order valence-electron chi connectivity index (χ1n) is 5.40. The van der Waals surface area contributed by atoms with Crippen molar-refractivity contribution >= 4 is 21.8 Å². The molecule has 0 aliphatic carbocycles. The summed E-state index contributed by atoms with van der Waals surface area (Å²) in [4.78, 5) is 14.3. The Bertz CT molecular complexity index is 474. The molecule has 0 spiro atoms. The first-order valence-corrected chi connectivity index (χ1v) is 6.19. The van der Waals surface area contributed by atoms with E-state index in [9.17, 15) is 9.18 Å². The van der Waals surface area contributed by atoms with Crippen molar-refractivity contribution in [3.8, 4) is 0 Å². The van der Waals surface area contributed by atoms with E-state index in [1.54, 1.807) is 6.07 Å². The molecule has 0 aromatic heterocycles. The Morgan fingerprint density at radius 1 is 1.50 bits per heavy atom. The number of rotatable bonds is 6. The summed E-state index contributed by atoms with van der Waals surface area (Å²) < 4.78 is 13.4. The Kier molecular flexibility index (Phi) is 6.18. The van der Waals surface area contributed by atoms with Crippen molar-refractivity contribution in [2.24, 2.45) is 5.11 Å². The molecule has 96 valence electrons. The molecule has 0 bridgehead atoms. The molecule has 7 heteroatoms. The molecule has 1 N–H and O–H groups in total. The molecular formula is C11H12BrFN4O. The quantitative estimate of drug-likeness (QED) is 0.371. The van der Waals surface area contributed by atoms with E-state index >= 15 is 0 Å². The van der Waals surface area contributed by atoms with E-state index in [0.717, 1.165) is 0 Å². The highest BCUT2D eigenvalue weighted by molar-refractivity contribution is 9.10. The van der Waals surface area contributed by atoms with Crippen LogP contribution in [0.1, 0.15) is 23.2 Å². The van der Waals surface area contributed by atoms with Gasteiger partial charge in [-0.1, -0.05) is 11.2 Å². The Hall–Kier alpha value is -1.59. The summed E-state index contributed by atoms with van der Waals surface area (Å²) in [6.07, 6.45) is 1.41. The molecule has 1 aromatic carbocycles. The van der Waals surface area contributed by atoms with E-state index in [0.29, 0.717) is 25.9 Å². The van der Waals surface area contributed by atoms with Gasteiger partial charge in [0.05, 0.1) is 10.0 Å². The smallest absolute Gasteiger partial charge is 0.252 e. The van der Waals surface area contributed by atoms with Crippen LogP contribution in [0.15, 0.2) is 27.8 Å². The van der Waals surface area contributed by atoms with Crippen molar-refractivity contribution in [2.45, 2.75) is 12.8 Å². The van der Waals surface area contributed by atoms with Gasteiger partial charge in [-0.15, -0.1) is 0 Å². The van der Waals surface area contributed by atoms with Crippen LogP contribution in [0.3, 0.4) is 0 Å². The van der Waals surface area contributed by atoms with Crippen molar-refractivity contribution in [3.05, 3.63) is 44.5 Å². The van der Waals surface area contributed by atoms with Crippen LogP contribution >= 0.6 is 15.9 Å². The number of unbranched alkanes of at least 4 members (excludes halogenated alkanes) is 1. The molecule has 18 heavy (non-hydrogen) atoms. The van der Waals surface area contributed by atoms with Crippen molar-refractivity contribution in [1.82, 2.24) is 5.32 Å². The van der Waals surface area contributed by atoms with Crippen molar-refractivity contribution in [3.63, 3.8) is 0 Å². The molecule has 0 saturated carbocycles. The highest BCUT2D eigenvalue weighted by Gasteiger charge is 2.11. The van der Waals surface area contributed by atoms with Crippen LogP contribution in [-0.4, -0.2) is 19.0 Å². The standard InChI is InChI=1S/C11H12BrFN4O/c12-10-8(4-3-5-9(10)13)11(18)15-6-1-2-7-16-17-14/h3-5H,1-2,6-7H2,(H,15,18). The van der Waals surface area contributed by atoms with Crippen LogP contribution in [0.25, 0.3) is 10.4 Å². The second-order valence-electron chi connectivity index (χ2n) is 3.52. The Labute approximate surface area is 112 Å². The van der Waals surface area contributed by atoms with E-state index < -0.39 is 5.82 Å². The third-order valence-corrected chi connectivity index (χ3v) is 3.04. The van der Waals surface area contributed by atoms with Crippen LogP contribution in [-0.2, 0) is 0 Å². The largest absolute Gasteiger partial charge is 0.352 e. The van der Waals surface area contributed by atoms with Gasteiger partial charge in [0.15, 0.2) is 0 Å². The van der Waals surface area contributed by atoms with Gasteiger partial charge < -0.3 is 5.32 Å². The lowest BCUT2D eigenvalue weighted by Crippen LogP contribution is -2.25. The molecule has 0 saturated heterocycles. The summed E-state index contributed by atoms with van der Waals surface area (Å²) in [6, 6.07) is 4.31. The summed E-state index contributed by atoms with van der Waals surface area (Å²) in [5.41, 5.74) is 8.33. The molecular weight excluding hydrogens is 303 g/mol. The number of hydrogen-bond acceptors (Lipinski definition) is 2. The summed E-state index contributed by atoms with van der Waals surface area (Å²) in [5, 5.41) is 6.06. The van der Waals surface area contributed by atoms with E-state index in [-0.39, 0.29) is 15.9 Å². The molecule has 0 fully saturated rings. The normalized spacial score (nSPS) is 9.67. The Morgan fingerprint density at radius 2 is 2.28 bits per heavy atom. The van der Waals surface area contributed by atoms with Crippen LogP contribution in [0, 0.1) is 5.82 Å². The molecule has 0 unspecified atom stereocenters. The molecule has 1 rings (SSSR count). The maximum absolute atomic E-state index is 13.2. The molecule has 0 atom stereocenters. The second kappa shape index (κ2) is 7.68. The van der Waals surface area contributed by atoms with E-state index in [1.807, 2.05) is 0 Å². The number of carbonyl (C=O) groups is 1. The van der Waals surface area contributed by atoms with Gasteiger partial charge in [-0.2, -0.15) is 0 Å². The van der Waals surface area contributed by atoms with Crippen LogP contribution < -0.4 is 5.32 Å². The average Bonchev–Trinajstić information content (AvgIpc) is 2.36. The fraction of sp³-hybridized carbons (Fsp3) is 0.364. The van der Waals surface area contributed by atoms with Crippen molar-refractivity contribution < 1.29 is 9.18 Å². The Balaban J connectivity index is 2.41. The van der Waals surface area contributed by atoms with Gasteiger partial charge in [-0.25, -0.2) is 4.39 Å². The average molecular weight is 315 g/mol. The third kappa shape index (κ3) is 4.35. The van der Waals surface area contributed by atoms with Gasteiger partial charge in [0, 0.05) is 18.0 Å². The lowest BCUT2D eigenvalue weighted by molar-refractivity contribution is 0.0951. The van der Waals surface area contributed by atoms with E-state index in [2.05, 4.69) is 31.3 Å². The minimum absolute atomic E-state index is 0.164. The summed E-state index contributed by atoms with van der Waals surface area (Å²) in [6.45, 7) is 0.874. The maximum atomic E-state index is 13.2. The SMILES string of the molecule is [N-]=[N+]=NCCCCNC(=O)c1cccc(F)c1Br. The summed E-state index contributed by atoms with van der Waals surface area (Å²) in [5.74, 6) is -0.795. The first-order chi connectivity index (χ1) is 8.66. The van der Waals surface area contributed by atoms with Gasteiger partial charge in [-0.3, -0.25) is 4.79 Å². The number of hydrogen-bond donors (Lipinski definition) is 1. The fourth-order valence-electron chi connectivity index (χ4n) is 1.33. The zero-order chi connectivity index (χ0) is 13.4. The van der Waals surface area contributed by atoms with Gasteiger partial charge in [0.25, 0.3) is 5.91 Å². The third-order valence-electron chi connectivity index (χ3n) is 2.23. The molecule has 0 aliphatic heterocycles. The lowest BCUT2D eigenvalue weighted by atomic mass is 10.2. The predicted octanol–water partition coefficient (Wildman–Crippen LogP) is 3.41. The lowest BCUT2D eigenvalue weighted by Gasteiger charge is -2.06. The van der Waals surface area contributed by atoms with E-state index in [1.165, 1.54) is 12.1 Å². The number of carbonyl (C=O) groups excluding carboxylic acids is 1. The van der Waals surface area contributed by atoms with Crippen LogP contribution in [0.2, 0.25) is 0 Å². The maximum Gasteiger partial charge on any atom is 0.252 e. The fourth-order valence-corrected chi connectivity index (χ4v) is 1.77. The van der Waals surface area contributed by atoms with Gasteiger partial charge in [0.1, 0.15) is 5.82 Å². The molecule has 1 aromatic rings. The van der Waals surface area contributed by atoms with E-state index in [4.69, 9.17) is 5.53 Å². The predicted molar refractivity (Wildman–Crippen MR) is 69.7 cm³/mol. The van der Waals surface area contributed by atoms with Crippen molar-refractivity contribution in [2.75, 3.05) is 13.1 Å². The number of nitrogens with zero attached hydrogens (tertiary/aromatic N) is 3. The van der Waals surface area contributed by atoms with Gasteiger partial charge in [0.2, 0.25) is 0 Å². The summed E-state index contributed by atoms with van der Waals surface area (Å²) in [7, 11) is 0. The molecule has 0 heterocycles. The van der Waals surface area contributed by atoms with Crippen LogP contribution in [0.4, 0.5) is 4.39 Å². The number of nitrogens with one attached hydrogen (secondary N) is 1. The molecule has 0 aliphatic rings. The number of benzene rings is 1. The minimum Gasteiger partial charge on any atom is -0.352 e. The number of halogens is 2. The Morgan fingerprint density at radius 3 is 3.00 bits per heavy atom. The summed E-state index contributed by atoms with van der Waals surface area (Å²) >= 11 is 3.03. The zero-order valence-electron chi connectivity index (χ0n) is 9.57. The van der Waals surface area contributed by atoms with Gasteiger partial charge in [-0.05, 0) is 46.4 Å². The number of azide groups is 1. The zero-order valence-corrected chi connectivity index (χ0v) is 11.2. The first kappa shape index (κ1) is 14.5. The second-order valence-corrected chi connectivity index (χ2v) is 4.31. The van der Waals surface area contributed by atoms with Crippen LogP contribution in [0.5, 0.6) is 0 Å². The molecule has 1 amide bonds. The van der Waals surface area contributed by atoms with Crippen molar-refractivity contribution in [1.29, 1.82) is 0 Å². The highest BCUT2D eigenvalue weighted by atomic mass is 79.9. The highest BCUT2D eigenvalue weighted by Crippen LogP contribution is 2.20. The monoisotopic (exact) mass is 314 g/mol. The molecule has 5 nitrogen and oxygen atoms in total. The molecule has 0 radical (unpaired) electrons. The van der Waals surface area contributed by atoms with Gasteiger partial charge >= 0.3 is 0 Å².